The summed E-state index contributed by atoms with van der Waals surface area (Å²) < 4.78 is 54.1. The lowest BCUT2D eigenvalue weighted by molar-refractivity contribution is -0.605. The molecule has 1 aliphatic heterocycles. The van der Waals surface area contributed by atoms with Crippen LogP contribution in [-0.2, 0) is 48.6 Å². The molecule has 0 N–H and O–H groups in total. The predicted molar refractivity (Wildman–Crippen MR) is 175 cm³/mol. The Balaban J connectivity index is 1.41. The Labute approximate surface area is 274 Å². The van der Waals surface area contributed by atoms with Crippen molar-refractivity contribution in [2.24, 2.45) is 0 Å². The van der Waals surface area contributed by atoms with E-state index in [1.807, 2.05) is 91.0 Å². The van der Waals surface area contributed by atoms with Gasteiger partial charge in [-0.2, -0.15) is 0 Å². The van der Waals surface area contributed by atoms with E-state index in [9.17, 15) is 18.5 Å². The SMILES string of the molecule is CC1=C(S(=O)(=O)c2ccccc2)[C@@H]2O[C@H](COCc3ccccc3)[C@@H](OCc3ccccc3)[C@H](OCc3ccccc3)[C@]2([N+](=O)[O-])C1. The molecular formula is C37H37NO8S. The number of nitrogens with zero attached hydrogens (tertiary/aromatic N) is 1. The predicted octanol–water partition coefficient (Wildman–Crippen LogP) is 6.31. The van der Waals surface area contributed by atoms with Crippen molar-refractivity contribution in [3.8, 4) is 0 Å². The van der Waals surface area contributed by atoms with E-state index in [1.54, 1.807) is 25.1 Å². The van der Waals surface area contributed by atoms with Crippen molar-refractivity contribution in [2.45, 2.75) is 68.0 Å². The van der Waals surface area contributed by atoms with E-state index >= 15 is 0 Å². The first-order valence-electron chi connectivity index (χ1n) is 15.5. The number of benzene rings is 4. The summed E-state index contributed by atoms with van der Waals surface area (Å²) in [5, 5.41) is 13.4. The molecule has 244 valence electrons. The summed E-state index contributed by atoms with van der Waals surface area (Å²) in [6.07, 6.45) is -4.68. The number of sulfone groups is 1. The van der Waals surface area contributed by atoms with Crippen LogP contribution in [0.1, 0.15) is 30.0 Å². The van der Waals surface area contributed by atoms with Crippen LogP contribution < -0.4 is 0 Å². The molecule has 10 heteroatoms. The minimum absolute atomic E-state index is 0.0123. The topological polar surface area (TPSA) is 114 Å². The van der Waals surface area contributed by atoms with E-state index in [2.05, 4.69) is 0 Å². The summed E-state index contributed by atoms with van der Waals surface area (Å²) in [6.45, 7) is 2.06. The van der Waals surface area contributed by atoms with Crippen LogP contribution in [0, 0.1) is 10.1 Å². The molecule has 2 aliphatic rings. The summed E-state index contributed by atoms with van der Waals surface area (Å²) in [5.41, 5.74) is 0.992. The smallest absolute Gasteiger partial charge is 0.284 e. The molecule has 1 aliphatic carbocycles. The third kappa shape index (κ3) is 6.79. The van der Waals surface area contributed by atoms with Crippen molar-refractivity contribution in [3.05, 3.63) is 159 Å². The molecule has 0 radical (unpaired) electrons. The Morgan fingerprint density at radius 3 is 1.79 bits per heavy atom. The van der Waals surface area contributed by atoms with Crippen molar-refractivity contribution < 1.29 is 32.3 Å². The van der Waals surface area contributed by atoms with Gasteiger partial charge in [-0.15, -0.1) is 0 Å². The first-order valence-corrected chi connectivity index (χ1v) is 17.0. The van der Waals surface area contributed by atoms with E-state index in [0.717, 1.165) is 16.7 Å². The van der Waals surface area contributed by atoms with E-state index < -0.39 is 44.7 Å². The zero-order valence-electron chi connectivity index (χ0n) is 26.0. The van der Waals surface area contributed by atoms with Gasteiger partial charge in [0.1, 0.15) is 12.2 Å². The van der Waals surface area contributed by atoms with Crippen LogP contribution >= 0.6 is 0 Å². The third-order valence-corrected chi connectivity index (χ3v) is 10.8. The Bertz CT molecular complexity index is 1790. The Kier molecular flexibility index (Phi) is 9.95. The molecule has 4 aromatic carbocycles. The molecule has 47 heavy (non-hydrogen) atoms. The zero-order valence-corrected chi connectivity index (χ0v) is 26.8. The van der Waals surface area contributed by atoms with Crippen LogP contribution in [-0.4, -0.2) is 49.9 Å². The highest BCUT2D eigenvalue weighted by Gasteiger charge is 2.71. The molecule has 0 amide bonds. The molecule has 9 nitrogen and oxygen atoms in total. The molecule has 6 rings (SSSR count). The van der Waals surface area contributed by atoms with Gasteiger partial charge in [-0.25, -0.2) is 8.42 Å². The third-order valence-electron chi connectivity index (χ3n) is 8.76. The van der Waals surface area contributed by atoms with Crippen LogP contribution in [0.2, 0.25) is 0 Å². The molecule has 1 heterocycles. The number of nitro groups is 1. The fourth-order valence-corrected chi connectivity index (χ4v) is 8.38. The van der Waals surface area contributed by atoms with Gasteiger partial charge < -0.3 is 18.9 Å². The fourth-order valence-electron chi connectivity index (χ4n) is 6.54. The summed E-state index contributed by atoms with van der Waals surface area (Å²) in [6, 6.07) is 36.4. The van der Waals surface area contributed by atoms with E-state index in [0.29, 0.717) is 5.57 Å². The Morgan fingerprint density at radius 1 is 0.766 bits per heavy atom. The van der Waals surface area contributed by atoms with Crippen molar-refractivity contribution in [1.82, 2.24) is 0 Å². The number of ether oxygens (including phenoxy) is 4. The van der Waals surface area contributed by atoms with Gasteiger partial charge in [0, 0.05) is 11.3 Å². The lowest BCUT2D eigenvalue weighted by Crippen LogP contribution is -2.70. The molecular weight excluding hydrogens is 618 g/mol. The van der Waals surface area contributed by atoms with Crippen molar-refractivity contribution in [2.75, 3.05) is 6.61 Å². The normalized spacial score (nSPS) is 24.2. The first kappa shape index (κ1) is 32.7. The fraction of sp³-hybridized carbons (Fsp3) is 0.297. The summed E-state index contributed by atoms with van der Waals surface area (Å²) in [5.74, 6) is 0. The number of rotatable bonds is 13. The molecule has 0 aromatic heterocycles. The molecule has 0 spiro atoms. The summed E-state index contributed by atoms with van der Waals surface area (Å²) >= 11 is 0. The van der Waals surface area contributed by atoms with E-state index in [4.69, 9.17) is 18.9 Å². The van der Waals surface area contributed by atoms with Gasteiger partial charge in [0.05, 0.1) is 36.2 Å². The van der Waals surface area contributed by atoms with Crippen molar-refractivity contribution >= 4 is 9.84 Å². The minimum Gasteiger partial charge on any atom is -0.374 e. The average molecular weight is 656 g/mol. The van der Waals surface area contributed by atoms with Gasteiger partial charge in [-0.3, -0.25) is 10.1 Å². The summed E-state index contributed by atoms with van der Waals surface area (Å²) in [7, 11) is -4.17. The quantitative estimate of drug-likeness (QED) is 0.122. The van der Waals surface area contributed by atoms with Gasteiger partial charge >= 0.3 is 0 Å². The van der Waals surface area contributed by atoms with Crippen LogP contribution in [0.15, 0.2) is 137 Å². The first-order chi connectivity index (χ1) is 22.8. The number of hydrogen-bond donors (Lipinski definition) is 0. The number of hydrogen-bond acceptors (Lipinski definition) is 8. The minimum atomic E-state index is -4.17. The highest BCUT2D eigenvalue weighted by Crippen LogP contribution is 2.51. The number of fused-ring (bicyclic) bond motifs is 1. The van der Waals surface area contributed by atoms with Gasteiger partial charge in [0.15, 0.2) is 12.2 Å². The largest absolute Gasteiger partial charge is 0.374 e. The molecule has 5 atom stereocenters. The maximum atomic E-state index is 14.2. The molecule has 1 saturated heterocycles. The standard InChI is InChI=1S/C37H37NO8S/c1-27-22-37(38(39)40)35(45-25-30-18-10-4-11-19-30)33(44-24-29-16-8-3-9-17-29)32(26-43-23-28-14-6-2-7-15-28)46-36(37)34(27)47(41,42)31-20-12-5-13-21-31/h2-21,32-33,35-36H,22-26H2,1H3/t32-,33-,35+,36+,37-/m1/s1. The maximum absolute atomic E-state index is 14.2. The van der Waals surface area contributed by atoms with Gasteiger partial charge in [-0.1, -0.05) is 109 Å². The molecule has 0 unspecified atom stereocenters. The highest BCUT2D eigenvalue weighted by atomic mass is 32.2. The molecule has 0 bridgehead atoms. The van der Waals surface area contributed by atoms with E-state index in [-0.39, 0.29) is 42.6 Å². The lowest BCUT2D eigenvalue weighted by atomic mass is 9.79. The van der Waals surface area contributed by atoms with Gasteiger partial charge in [0.25, 0.3) is 5.54 Å². The maximum Gasteiger partial charge on any atom is 0.284 e. The molecule has 0 saturated carbocycles. The van der Waals surface area contributed by atoms with Crippen LogP contribution in [0.5, 0.6) is 0 Å². The van der Waals surface area contributed by atoms with Crippen LogP contribution in [0.25, 0.3) is 0 Å². The molecule has 4 aromatic rings. The van der Waals surface area contributed by atoms with Crippen molar-refractivity contribution in [3.63, 3.8) is 0 Å². The Morgan fingerprint density at radius 2 is 1.26 bits per heavy atom. The van der Waals surface area contributed by atoms with Crippen LogP contribution in [0.3, 0.4) is 0 Å². The second kappa shape index (κ2) is 14.3. The second-order valence-electron chi connectivity index (χ2n) is 11.9. The summed E-state index contributed by atoms with van der Waals surface area (Å²) in [4.78, 5) is 12.9. The Hall–Kier alpha value is -4.19. The monoisotopic (exact) mass is 655 g/mol. The molecule has 1 fully saturated rings. The van der Waals surface area contributed by atoms with Gasteiger partial charge in [-0.05, 0) is 41.3 Å². The second-order valence-corrected chi connectivity index (χ2v) is 13.8. The zero-order chi connectivity index (χ0) is 32.9. The van der Waals surface area contributed by atoms with Crippen LogP contribution in [0.4, 0.5) is 0 Å². The van der Waals surface area contributed by atoms with Crippen molar-refractivity contribution in [1.29, 1.82) is 0 Å². The average Bonchev–Trinajstić information content (AvgIpc) is 3.41. The highest BCUT2D eigenvalue weighted by molar-refractivity contribution is 7.95. The lowest BCUT2D eigenvalue weighted by Gasteiger charge is -2.47. The van der Waals surface area contributed by atoms with Gasteiger partial charge in [0.2, 0.25) is 9.84 Å². The van der Waals surface area contributed by atoms with E-state index in [1.165, 1.54) is 12.1 Å².